The van der Waals surface area contributed by atoms with Gasteiger partial charge in [0.15, 0.2) is 0 Å². The van der Waals surface area contributed by atoms with Crippen LogP contribution in [0.2, 0.25) is 0 Å². The third kappa shape index (κ3) is 5.31. The molecule has 8 heteroatoms. The zero-order valence-corrected chi connectivity index (χ0v) is 23.1. The summed E-state index contributed by atoms with van der Waals surface area (Å²) in [6.07, 6.45) is 0. The highest BCUT2D eigenvalue weighted by Gasteiger charge is 2.34. The van der Waals surface area contributed by atoms with Gasteiger partial charge in [0, 0.05) is 36.9 Å². The SMILES string of the molecule is CC1=C(C(=O)Nc2ccc(C)cc2C)C(c2ccc(N(C)C)cc2)n2nc(SCc3ccccc3)nc2N1. The molecule has 2 N–H and O–H groups in total. The Hall–Kier alpha value is -4.04. The van der Waals surface area contributed by atoms with Crippen molar-refractivity contribution in [3.63, 3.8) is 0 Å². The third-order valence-corrected chi connectivity index (χ3v) is 7.55. The van der Waals surface area contributed by atoms with Crippen molar-refractivity contribution in [2.75, 3.05) is 29.6 Å². The van der Waals surface area contributed by atoms with Gasteiger partial charge in [-0.05, 0) is 55.7 Å². The highest BCUT2D eigenvalue weighted by Crippen LogP contribution is 2.37. The van der Waals surface area contributed by atoms with Crippen molar-refractivity contribution in [2.45, 2.75) is 37.7 Å². The van der Waals surface area contributed by atoms with Crippen LogP contribution in [0.15, 0.2) is 89.2 Å². The Morgan fingerprint density at radius 3 is 2.45 bits per heavy atom. The Morgan fingerprint density at radius 1 is 1.03 bits per heavy atom. The number of aromatic nitrogens is 3. The standard InChI is InChI=1S/C30H32N6OS/c1-19-11-16-25(20(2)17-19)32-28(37)26-21(3)31-29-33-30(38-18-22-9-7-6-8-10-22)34-36(29)27(26)23-12-14-24(15-13-23)35(4)5/h6-17,27H,18H2,1-5H3,(H,32,37)(H,31,33,34). The summed E-state index contributed by atoms with van der Waals surface area (Å²) >= 11 is 1.58. The first-order valence-corrected chi connectivity index (χ1v) is 13.6. The number of nitrogens with zero attached hydrogens (tertiary/aromatic N) is 4. The van der Waals surface area contributed by atoms with Crippen LogP contribution < -0.4 is 15.5 Å². The van der Waals surface area contributed by atoms with Gasteiger partial charge in [-0.15, -0.1) is 5.10 Å². The summed E-state index contributed by atoms with van der Waals surface area (Å²) < 4.78 is 1.84. The second-order valence-corrected chi connectivity index (χ2v) is 10.7. The molecular weight excluding hydrogens is 492 g/mol. The van der Waals surface area contributed by atoms with Gasteiger partial charge in [0.25, 0.3) is 5.91 Å². The molecule has 1 aromatic heterocycles. The van der Waals surface area contributed by atoms with Crippen molar-refractivity contribution in [2.24, 2.45) is 0 Å². The van der Waals surface area contributed by atoms with E-state index in [2.05, 4.69) is 58.0 Å². The van der Waals surface area contributed by atoms with Gasteiger partial charge < -0.3 is 15.5 Å². The number of amides is 1. The fraction of sp³-hybridized carbons (Fsp3) is 0.233. The molecule has 38 heavy (non-hydrogen) atoms. The quantitative estimate of drug-likeness (QED) is 0.281. The zero-order valence-electron chi connectivity index (χ0n) is 22.3. The maximum Gasteiger partial charge on any atom is 0.255 e. The average Bonchev–Trinajstić information content (AvgIpc) is 3.31. The predicted octanol–water partition coefficient (Wildman–Crippen LogP) is 6.18. The van der Waals surface area contributed by atoms with Crippen LogP contribution in [0.3, 0.4) is 0 Å². The summed E-state index contributed by atoms with van der Waals surface area (Å²) in [5.74, 6) is 1.23. The zero-order chi connectivity index (χ0) is 26.8. The molecule has 0 saturated heterocycles. The normalized spacial score (nSPS) is 14.6. The van der Waals surface area contributed by atoms with Gasteiger partial charge in [0.05, 0.1) is 5.57 Å². The maximum absolute atomic E-state index is 13.8. The van der Waals surface area contributed by atoms with E-state index in [0.717, 1.165) is 39.5 Å². The summed E-state index contributed by atoms with van der Waals surface area (Å²) in [5, 5.41) is 12.0. The lowest BCUT2D eigenvalue weighted by Gasteiger charge is -2.29. The Labute approximate surface area is 228 Å². The van der Waals surface area contributed by atoms with Crippen molar-refractivity contribution in [3.8, 4) is 0 Å². The summed E-state index contributed by atoms with van der Waals surface area (Å²) in [4.78, 5) is 20.6. The molecule has 0 spiro atoms. The smallest absolute Gasteiger partial charge is 0.255 e. The molecule has 194 valence electrons. The van der Waals surface area contributed by atoms with E-state index >= 15 is 0 Å². The van der Waals surface area contributed by atoms with Crippen LogP contribution in [-0.4, -0.2) is 34.8 Å². The molecule has 1 amide bonds. The molecule has 1 unspecified atom stereocenters. The van der Waals surface area contributed by atoms with Gasteiger partial charge in [-0.3, -0.25) is 4.79 Å². The van der Waals surface area contributed by atoms with E-state index in [4.69, 9.17) is 10.1 Å². The van der Waals surface area contributed by atoms with E-state index in [1.165, 1.54) is 5.56 Å². The highest BCUT2D eigenvalue weighted by molar-refractivity contribution is 7.98. The maximum atomic E-state index is 13.8. The molecule has 3 aromatic carbocycles. The second kappa shape index (κ2) is 10.8. The molecule has 0 saturated carbocycles. The highest BCUT2D eigenvalue weighted by atomic mass is 32.2. The number of hydrogen-bond acceptors (Lipinski definition) is 6. The first-order chi connectivity index (χ1) is 18.3. The number of carbonyl (C=O) groups excluding carboxylic acids is 1. The van der Waals surface area contributed by atoms with Gasteiger partial charge in [-0.1, -0.05) is 71.9 Å². The summed E-state index contributed by atoms with van der Waals surface area (Å²) in [5.41, 5.74) is 7.60. The molecule has 1 atom stereocenters. The van der Waals surface area contributed by atoms with Gasteiger partial charge in [0.1, 0.15) is 6.04 Å². The van der Waals surface area contributed by atoms with Crippen LogP contribution in [0, 0.1) is 13.8 Å². The molecule has 0 aliphatic carbocycles. The molecule has 5 rings (SSSR count). The van der Waals surface area contributed by atoms with E-state index in [9.17, 15) is 4.79 Å². The lowest BCUT2D eigenvalue weighted by atomic mass is 9.94. The van der Waals surface area contributed by atoms with Gasteiger partial charge >= 0.3 is 0 Å². The number of allylic oxidation sites excluding steroid dienone is 1. The largest absolute Gasteiger partial charge is 0.378 e. The minimum atomic E-state index is -0.424. The molecule has 1 aliphatic rings. The van der Waals surface area contributed by atoms with Crippen molar-refractivity contribution >= 4 is 35.0 Å². The third-order valence-electron chi connectivity index (χ3n) is 6.64. The summed E-state index contributed by atoms with van der Waals surface area (Å²) in [6.45, 7) is 5.97. The van der Waals surface area contributed by atoms with E-state index in [1.54, 1.807) is 11.8 Å². The Morgan fingerprint density at radius 2 is 1.76 bits per heavy atom. The predicted molar refractivity (Wildman–Crippen MR) is 156 cm³/mol. The molecular formula is C30H32N6OS. The molecule has 0 bridgehead atoms. The Kier molecular flexibility index (Phi) is 7.24. The Balaban J connectivity index is 1.51. The van der Waals surface area contributed by atoms with Crippen molar-refractivity contribution in [1.82, 2.24) is 14.8 Å². The first-order valence-electron chi connectivity index (χ1n) is 12.6. The fourth-order valence-electron chi connectivity index (χ4n) is 4.62. The van der Waals surface area contributed by atoms with Crippen LogP contribution in [0.1, 0.15) is 35.2 Å². The average molecular weight is 525 g/mol. The lowest BCUT2D eigenvalue weighted by molar-refractivity contribution is -0.113. The number of thioether (sulfide) groups is 1. The number of hydrogen-bond donors (Lipinski definition) is 2. The van der Waals surface area contributed by atoms with Gasteiger partial charge in [-0.25, -0.2) is 4.68 Å². The monoisotopic (exact) mass is 524 g/mol. The fourth-order valence-corrected chi connectivity index (χ4v) is 5.40. The summed E-state index contributed by atoms with van der Waals surface area (Å²) in [6, 6.07) is 24.1. The number of anilines is 3. The van der Waals surface area contributed by atoms with Crippen LogP contribution in [-0.2, 0) is 10.5 Å². The van der Waals surface area contributed by atoms with Crippen LogP contribution in [0.5, 0.6) is 0 Å². The number of carbonyl (C=O) groups is 1. The van der Waals surface area contributed by atoms with E-state index in [1.807, 2.05) is 69.9 Å². The van der Waals surface area contributed by atoms with Crippen LogP contribution in [0.25, 0.3) is 0 Å². The molecule has 7 nitrogen and oxygen atoms in total. The topological polar surface area (TPSA) is 75.1 Å². The van der Waals surface area contributed by atoms with E-state index in [0.29, 0.717) is 16.7 Å². The van der Waals surface area contributed by atoms with Crippen molar-refractivity contribution in [1.29, 1.82) is 0 Å². The minimum absolute atomic E-state index is 0.164. The van der Waals surface area contributed by atoms with Crippen molar-refractivity contribution < 1.29 is 4.79 Å². The van der Waals surface area contributed by atoms with E-state index in [-0.39, 0.29) is 5.91 Å². The molecule has 0 fully saturated rings. The number of aryl methyl sites for hydroxylation is 2. The van der Waals surface area contributed by atoms with Gasteiger partial charge in [-0.2, -0.15) is 4.98 Å². The van der Waals surface area contributed by atoms with E-state index < -0.39 is 6.04 Å². The first kappa shape index (κ1) is 25.6. The minimum Gasteiger partial charge on any atom is -0.378 e. The summed E-state index contributed by atoms with van der Waals surface area (Å²) in [7, 11) is 4.02. The molecule has 0 radical (unpaired) electrons. The molecule has 4 aromatic rings. The van der Waals surface area contributed by atoms with Crippen LogP contribution >= 0.6 is 11.8 Å². The van der Waals surface area contributed by atoms with Gasteiger partial charge in [0.2, 0.25) is 11.1 Å². The Bertz CT molecular complexity index is 1490. The number of nitrogens with one attached hydrogen (secondary N) is 2. The number of fused-ring (bicyclic) bond motifs is 1. The van der Waals surface area contributed by atoms with Crippen LogP contribution in [0.4, 0.5) is 17.3 Å². The molecule has 1 aliphatic heterocycles. The number of benzene rings is 3. The lowest BCUT2D eigenvalue weighted by Crippen LogP contribution is -2.31. The molecule has 2 heterocycles. The van der Waals surface area contributed by atoms with Crippen molar-refractivity contribution in [3.05, 3.63) is 106 Å². The number of rotatable bonds is 7. The second-order valence-electron chi connectivity index (χ2n) is 9.76.